The molecule has 1 N–H and O–H groups in total. The Bertz CT molecular complexity index is 690. The monoisotopic (exact) mass is 275 g/mol. The number of nitrogens with one attached hydrogen (secondary N) is 1. The van der Waals surface area contributed by atoms with Crippen molar-refractivity contribution in [1.29, 1.82) is 0 Å². The van der Waals surface area contributed by atoms with Crippen LogP contribution in [0.2, 0.25) is 0 Å². The number of fused-ring (bicyclic) bond motifs is 1. The number of carbonyl (C=O) groups is 1. The molecule has 2 rings (SSSR count). The highest BCUT2D eigenvalue weighted by atomic mass is 16.5. The van der Waals surface area contributed by atoms with Crippen molar-refractivity contribution in [2.75, 3.05) is 7.11 Å². The van der Waals surface area contributed by atoms with Crippen molar-refractivity contribution in [1.82, 2.24) is 5.32 Å². The highest BCUT2D eigenvalue weighted by Crippen LogP contribution is 2.20. The van der Waals surface area contributed by atoms with E-state index in [4.69, 9.17) is 9.15 Å². The fourth-order valence-electron chi connectivity index (χ4n) is 1.79. The predicted octanol–water partition coefficient (Wildman–Crippen LogP) is 2.33. The molecule has 0 aliphatic carbocycles. The van der Waals surface area contributed by atoms with E-state index in [1.165, 1.54) is 6.07 Å². The minimum absolute atomic E-state index is 0.00269. The number of hydrogen-bond donors (Lipinski definition) is 1. The van der Waals surface area contributed by atoms with Crippen molar-refractivity contribution in [3.05, 3.63) is 40.2 Å². The molecule has 0 saturated carbocycles. The van der Waals surface area contributed by atoms with Crippen LogP contribution in [-0.4, -0.2) is 19.1 Å². The van der Waals surface area contributed by atoms with Crippen molar-refractivity contribution < 1.29 is 13.9 Å². The summed E-state index contributed by atoms with van der Waals surface area (Å²) in [6.45, 7) is 3.84. The normalized spacial score (nSPS) is 12.2. The number of benzene rings is 1. The van der Waals surface area contributed by atoms with Crippen LogP contribution in [0, 0.1) is 0 Å². The average Bonchev–Trinajstić information content (AvgIpc) is 2.45. The molecule has 0 spiro atoms. The van der Waals surface area contributed by atoms with Crippen molar-refractivity contribution in [3.63, 3.8) is 0 Å². The van der Waals surface area contributed by atoms with Gasteiger partial charge >= 0.3 is 5.63 Å². The maximum atomic E-state index is 12.0. The van der Waals surface area contributed by atoms with Gasteiger partial charge in [-0.2, -0.15) is 0 Å². The zero-order valence-electron chi connectivity index (χ0n) is 11.7. The minimum Gasteiger partial charge on any atom is -0.497 e. The van der Waals surface area contributed by atoms with Gasteiger partial charge in [0.2, 0.25) is 0 Å². The number of ether oxygens (including phenoxy) is 1. The van der Waals surface area contributed by atoms with Crippen LogP contribution in [0.4, 0.5) is 0 Å². The Labute approximate surface area is 116 Å². The average molecular weight is 275 g/mol. The molecule has 1 aromatic carbocycles. The molecule has 1 unspecified atom stereocenters. The van der Waals surface area contributed by atoms with Gasteiger partial charge in [0.15, 0.2) is 0 Å². The Morgan fingerprint density at radius 1 is 1.40 bits per heavy atom. The number of carbonyl (C=O) groups excluding carboxylic acids is 1. The van der Waals surface area contributed by atoms with E-state index in [0.29, 0.717) is 16.7 Å². The molecule has 1 amide bonds. The predicted molar refractivity (Wildman–Crippen MR) is 76.3 cm³/mol. The van der Waals surface area contributed by atoms with Crippen LogP contribution >= 0.6 is 0 Å². The van der Waals surface area contributed by atoms with Crippen LogP contribution in [0.1, 0.15) is 30.6 Å². The quantitative estimate of drug-likeness (QED) is 0.869. The molecular formula is C15H17NO4. The summed E-state index contributed by atoms with van der Waals surface area (Å²) in [7, 11) is 1.55. The molecule has 5 heteroatoms. The Kier molecular flexibility index (Phi) is 4.08. The Balaban J connectivity index is 2.45. The molecule has 5 nitrogen and oxygen atoms in total. The third kappa shape index (κ3) is 2.82. The molecular weight excluding hydrogens is 258 g/mol. The molecule has 0 fully saturated rings. The van der Waals surface area contributed by atoms with Crippen LogP contribution < -0.4 is 15.7 Å². The summed E-state index contributed by atoms with van der Waals surface area (Å²) in [6, 6.07) is 6.60. The molecule has 0 aliphatic heterocycles. The van der Waals surface area contributed by atoms with Crippen LogP contribution in [-0.2, 0) is 0 Å². The standard InChI is InChI=1S/C15H17NO4/c1-4-9(2)16-14(17)12-8-10-7-11(19-3)5-6-13(10)20-15(12)18/h5-9H,4H2,1-3H3,(H,16,17). The summed E-state index contributed by atoms with van der Waals surface area (Å²) in [5.41, 5.74) is -0.203. The SMILES string of the molecule is CCC(C)NC(=O)c1cc2cc(OC)ccc2oc1=O. The van der Waals surface area contributed by atoms with E-state index in [1.807, 2.05) is 13.8 Å². The lowest BCUT2D eigenvalue weighted by molar-refractivity contribution is 0.0935. The molecule has 1 aromatic heterocycles. The van der Waals surface area contributed by atoms with Gasteiger partial charge in [0.1, 0.15) is 16.9 Å². The van der Waals surface area contributed by atoms with E-state index in [-0.39, 0.29) is 11.6 Å². The summed E-state index contributed by atoms with van der Waals surface area (Å²) in [4.78, 5) is 23.9. The lowest BCUT2D eigenvalue weighted by Crippen LogP contribution is -2.34. The van der Waals surface area contributed by atoms with Gasteiger partial charge in [0, 0.05) is 11.4 Å². The van der Waals surface area contributed by atoms with Gasteiger partial charge in [-0.15, -0.1) is 0 Å². The summed E-state index contributed by atoms with van der Waals surface area (Å²) in [5, 5.41) is 3.40. The van der Waals surface area contributed by atoms with Crippen LogP contribution in [0.5, 0.6) is 5.75 Å². The second kappa shape index (κ2) is 5.77. The highest BCUT2D eigenvalue weighted by Gasteiger charge is 2.15. The molecule has 0 aliphatic rings. The van der Waals surface area contributed by atoms with E-state index in [2.05, 4.69) is 5.32 Å². The lowest BCUT2D eigenvalue weighted by atomic mass is 10.1. The van der Waals surface area contributed by atoms with Gasteiger partial charge < -0.3 is 14.5 Å². The summed E-state index contributed by atoms with van der Waals surface area (Å²) in [6.07, 6.45) is 0.790. The van der Waals surface area contributed by atoms with E-state index in [9.17, 15) is 9.59 Å². The first-order valence-electron chi connectivity index (χ1n) is 6.48. The van der Waals surface area contributed by atoms with Crippen molar-refractivity contribution in [3.8, 4) is 5.75 Å². The second-order valence-electron chi connectivity index (χ2n) is 4.63. The number of rotatable bonds is 4. The van der Waals surface area contributed by atoms with Gasteiger partial charge in [-0.1, -0.05) is 6.92 Å². The largest absolute Gasteiger partial charge is 0.497 e. The first-order valence-corrected chi connectivity index (χ1v) is 6.48. The topological polar surface area (TPSA) is 68.5 Å². The zero-order chi connectivity index (χ0) is 14.7. The number of hydrogen-bond acceptors (Lipinski definition) is 4. The van der Waals surface area contributed by atoms with Gasteiger partial charge in [0.05, 0.1) is 7.11 Å². The third-order valence-electron chi connectivity index (χ3n) is 3.17. The molecule has 0 bridgehead atoms. The third-order valence-corrected chi connectivity index (χ3v) is 3.17. The number of methoxy groups -OCH3 is 1. The van der Waals surface area contributed by atoms with E-state index >= 15 is 0 Å². The van der Waals surface area contributed by atoms with Crippen LogP contribution in [0.15, 0.2) is 33.5 Å². The first kappa shape index (κ1) is 14.1. The molecule has 1 heterocycles. The maximum absolute atomic E-state index is 12.0. The van der Waals surface area contributed by atoms with Gasteiger partial charge in [-0.3, -0.25) is 4.79 Å². The first-order chi connectivity index (χ1) is 9.55. The smallest absolute Gasteiger partial charge is 0.349 e. The van der Waals surface area contributed by atoms with Crippen molar-refractivity contribution in [2.45, 2.75) is 26.3 Å². The van der Waals surface area contributed by atoms with Crippen LogP contribution in [0.3, 0.4) is 0 Å². The summed E-state index contributed by atoms with van der Waals surface area (Å²) >= 11 is 0. The maximum Gasteiger partial charge on any atom is 0.349 e. The highest BCUT2D eigenvalue weighted by molar-refractivity contribution is 5.96. The van der Waals surface area contributed by atoms with Crippen molar-refractivity contribution >= 4 is 16.9 Å². The second-order valence-corrected chi connectivity index (χ2v) is 4.63. The number of amides is 1. The lowest BCUT2D eigenvalue weighted by Gasteiger charge is -2.10. The molecule has 1 atom stereocenters. The fourth-order valence-corrected chi connectivity index (χ4v) is 1.79. The minimum atomic E-state index is -0.636. The van der Waals surface area contributed by atoms with Crippen LogP contribution in [0.25, 0.3) is 11.0 Å². The fraction of sp³-hybridized carbons (Fsp3) is 0.333. The van der Waals surface area contributed by atoms with Crippen molar-refractivity contribution in [2.24, 2.45) is 0 Å². The van der Waals surface area contributed by atoms with Gasteiger partial charge in [-0.05, 0) is 37.6 Å². The Hall–Kier alpha value is -2.30. The van der Waals surface area contributed by atoms with E-state index in [1.54, 1.807) is 25.3 Å². The summed E-state index contributed by atoms with van der Waals surface area (Å²) in [5.74, 6) is 0.220. The molecule has 0 saturated heterocycles. The van der Waals surface area contributed by atoms with Gasteiger partial charge in [-0.25, -0.2) is 4.79 Å². The van der Waals surface area contributed by atoms with E-state index in [0.717, 1.165) is 6.42 Å². The van der Waals surface area contributed by atoms with Gasteiger partial charge in [0.25, 0.3) is 5.91 Å². The molecule has 20 heavy (non-hydrogen) atoms. The summed E-state index contributed by atoms with van der Waals surface area (Å²) < 4.78 is 10.3. The Morgan fingerprint density at radius 2 is 2.15 bits per heavy atom. The zero-order valence-corrected chi connectivity index (χ0v) is 11.7. The van der Waals surface area contributed by atoms with E-state index < -0.39 is 11.5 Å². The molecule has 106 valence electrons. The molecule has 0 radical (unpaired) electrons. The Morgan fingerprint density at radius 3 is 2.80 bits per heavy atom. The molecule has 2 aromatic rings.